The van der Waals surface area contributed by atoms with Crippen LogP contribution in [0.3, 0.4) is 0 Å². The zero-order valence-corrected chi connectivity index (χ0v) is 16.7. The van der Waals surface area contributed by atoms with Crippen LogP contribution in [0.25, 0.3) is 0 Å². The molecule has 3 nitrogen and oxygen atoms in total. The highest BCUT2D eigenvalue weighted by Crippen LogP contribution is 2.39. The van der Waals surface area contributed by atoms with Gasteiger partial charge < -0.3 is 10.2 Å². The van der Waals surface area contributed by atoms with Crippen LogP contribution in [0.4, 0.5) is 0 Å². The molecule has 0 amide bonds. The smallest absolute Gasteiger partial charge is 0.339 e. The lowest BCUT2D eigenvalue weighted by Gasteiger charge is -2.33. The van der Waals surface area contributed by atoms with Gasteiger partial charge in [-0.2, -0.15) is 0 Å². The summed E-state index contributed by atoms with van der Waals surface area (Å²) in [6.07, 6.45) is 1.42. The van der Waals surface area contributed by atoms with Gasteiger partial charge in [0.2, 0.25) is 0 Å². The Morgan fingerprint density at radius 3 is 2.15 bits per heavy atom. The summed E-state index contributed by atoms with van der Waals surface area (Å²) in [7, 11) is 0. The Morgan fingerprint density at radius 1 is 1.00 bits per heavy atom. The third kappa shape index (κ3) is 4.66. The molecule has 0 atom stereocenters. The lowest BCUT2D eigenvalue weighted by Crippen LogP contribution is -2.25. The quantitative estimate of drug-likeness (QED) is 0.724. The monoisotopic (exact) mass is 354 g/mol. The average Bonchev–Trinajstić information content (AvgIpc) is 2.48. The first-order valence-electron chi connectivity index (χ1n) is 9.05. The first-order chi connectivity index (χ1) is 11.9. The number of aryl methyl sites for hydroxylation is 1. The molecule has 0 saturated carbocycles. The highest BCUT2D eigenvalue weighted by Gasteiger charge is 2.29. The van der Waals surface area contributed by atoms with E-state index in [9.17, 15) is 15.0 Å². The molecule has 0 spiro atoms. The molecular formula is C23H30O3. The molecule has 0 bridgehead atoms. The van der Waals surface area contributed by atoms with Crippen LogP contribution in [0.5, 0.6) is 5.75 Å². The summed E-state index contributed by atoms with van der Waals surface area (Å²) in [6.45, 7) is 12.8. The van der Waals surface area contributed by atoms with Gasteiger partial charge in [-0.05, 0) is 52.5 Å². The Labute approximate surface area is 156 Å². The minimum atomic E-state index is -1.10. The van der Waals surface area contributed by atoms with E-state index < -0.39 is 5.97 Å². The van der Waals surface area contributed by atoms with Crippen LogP contribution in [0.15, 0.2) is 36.4 Å². The van der Waals surface area contributed by atoms with Crippen molar-refractivity contribution in [3.63, 3.8) is 0 Å². The highest BCUT2D eigenvalue weighted by atomic mass is 16.4. The second-order valence-corrected chi connectivity index (χ2v) is 9.06. The second-order valence-electron chi connectivity index (χ2n) is 9.06. The van der Waals surface area contributed by atoms with Crippen LogP contribution in [-0.2, 0) is 11.8 Å². The van der Waals surface area contributed by atoms with Gasteiger partial charge in [-0.3, -0.25) is 0 Å². The van der Waals surface area contributed by atoms with Crippen molar-refractivity contribution in [3.8, 4) is 5.75 Å². The van der Waals surface area contributed by atoms with Crippen LogP contribution in [0, 0.1) is 12.3 Å². The fraction of sp³-hybridized carbons (Fsp3) is 0.435. The van der Waals surface area contributed by atoms with Crippen molar-refractivity contribution in [3.05, 3.63) is 64.2 Å². The minimum absolute atomic E-state index is 0.0203. The molecule has 140 valence electrons. The van der Waals surface area contributed by atoms with Gasteiger partial charge in [0, 0.05) is 6.42 Å². The van der Waals surface area contributed by atoms with E-state index >= 15 is 0 Å². The van der Waals surface area contributed by atoms with E-state index in [4.69, 9.17) is 0 Å². The van der Waals surface area contributed by atoms with Gasteiger partial charge in [-0.25, -0.2) is 4.79 Å². The SMILES string of the molecule is Cc1ccccc1Cc1cc(C(C)(C)CC(C)(C)C)cc(C(=O)O)c1O. The number of hydrogen-bond donors (Lipinski definition) is 2. The Balaban J connectivity index is 2.56. The molecule has 2 aromatic rings. The van der Waals surface area contributed by atoms with E-state index in [0.717, 1.165) is 23.1 Å². The van der Waals surface area contributed by atoms with Crippen LogP contribution in [-0.4, -0.2) is 16.2 Å². The Bertz CT molecular complexity index is 811. The van der Waals surface area contributed by atoms with Crippen LogP contribution < -0.4 is 0 Å². The van der Waals surface area contributed by atoms with E-state index in [-0.39, 0.29) is 22.1 Å². The van der Waals surface area contributed by atoms with Gasteiger partial charge in [0.15, 0.2) is 0 Å². The minimum Gasteiger partial charge on any atom is -0.507 e. The van der Waals surface area contributed by atoms with E-state index in [1.807, 2.05) is 37.3 Å². The Morgan fingerprint density at radius 2 is 1.62 bits per heavy atom. The standard InChI is InChI=1S/C23H30O3/c1-15-9-7-8-10-16(15)11-17-12-18(13-19(20(17)24)21(25)26)23(5,6)14-22(2,3)4/h7-10,12-13,24H,11,14H2,1-6H3,(H,25,26). The lowest BCUT2D eigenvalue weighted by molar-refractivity contribution is 0.0693. The summed E-state index contributed by atoms with van der Waals surface area (Å²) < 4.78 is 0. The molecule has 0 saturated heterocycles. The summed E-state index contributed by atoms with van der Waals surface area (Å²) in [6, 6.07) is 11.6. The predicted molar refractivity (Wildman–Crippen MR) is 106 cm³/mol. The zero-order chi connectivity index (χ0) is 19.7. The van der Waals surface area contributed by atoms with Crippen molar-refractivity contribution in [2.24, 2.45) is 5.41 Å². The molecule has 0 unspecified atom stereocenters. The maximum Gasteiger partial charge on any atom is 0.339 e. The number of carboxylic acids is 1. The fourth-order valence-electron chi connectivity index (χ4n) is 3.82. The summed E-state index contributed by atoms with van der Waals surface area (Å²) >= 11 is 0. The third-order valence-corrected chi connectivity index (χ3v) is 4.82. The summed E-state index contributed by atoms with van der Waals surface area (Å²) in [5, 5.41) is 20.1. The van der Waals surface area contributed by atoms with Crippen molar-refractivity contribution in [1.82, 2.24) is 0 Å². The maximum atomic E-state index is 11.7. The number of benzene rings is 2. The first kappa shape index (κ1) is 20.0. The van der Waals surface area contributed by atoms with Crippen LogP contribution >= 0.6 is 0 Å². The molecule has 0 aliphatic rings. The summed E-state index contributed by atoms with van der Waals surface area (Å²) in [4.78, 5) is 11.7. The lowest BCUT2D eigenvalue weighted by atomic mass is 9.71. The molecule has 2 N–H and O–H groups in total. The molecule has 0 aromatic heterocycles. The molecule has 0 aliphatic heterocycles. The number of aromatic carboxylic acids is 1. The van der Waals surface area contributed by atoms with Gasteiger partial charge in [-0.15, -0.1) is 0 Å². The van der Waals surface area contributed by atoms with E-state index in [1.54, 1.807) is 6.07 Å². The van der Waals surface area contributed by atoms with Crippen LogP contribution in [0.1, 0.15) is 73.7 Å². The molecule has 2 rings (SSSR count). The maximum absolute atomic E-state index is 11.7. The molecule has 2 aromatic carbocycles. The van der Waals surface area contributed by atoms with Gasteiger partial charge >= 0.3 is 5.97 Å². The van der Waals surface area contributed by atoms with Crippen molar-refractivity contribution >= 4 is 5.97 Å². The van der Waals surface area contributed by atoms with Gasteiger partial charge in [0.25, 0.3) is 0 Å². The van der Waals surface area contributed by atoms with Crippen molar-refractivity contribution in [2.45, 2.75) is 59.8 Å². The second kappa shape index (κ2) is 7.14. The number of carboxylic acid groups (broad SMARTS) is 1. The predicted octanol–water partition coefficient (Wildman–Crippen LogP) is 5.70. The largest absolute Gasteiger partial charge is 0.507 e. The first-order valence-corrected chi connectivity index (χ1v) is 9.05. The normalized spacial score (nSPS) is 12.2. The van der Waals surface area contributed by atoms with Crippen molar-refractivity contribution in [1.29, 1.82) is 0 Å². The van der Waals surface area contributed by atoms with Gasteiger partial charge in [0.05, 0.1) is 0 Å². The molecule has 26 heavy (non-hydrogen) atoms. The topological polar surface area (TPSA) is 57.5 Å². The number of aromatic hydroxyl groups is 1. The fourth-order valence-corrected chi connectivity index (χ4v) is 3.82. The van der Waals surface area contributed by atoms with E-state index in [1.165, 1.54) is 0 Å². The number of phenols is 1. The molecule has 0 heterocycles. The molecular weight excluding hydrogens is 324 g/mol. The molecule has 3 heteroatoms. The summed E-state index contributed by atoms with van der Waals surface area (Å²) in [5.41, 5.74) is 3.72. The molecule has 0 fully saturated rings. The number of carbonyl (C=O) groups is 1. The average molecular weight is 354 g/mol. The molecule has 0 radical (unpaired) electrons. The van der Waals surface area contributed by atoms with Gasteiger partial charge in [0.1, 0.15) is 11.3 Å². The Kier molecular flexibility index (Phi) is 5.50. The number of rotatable bonds is 5. The van der Waals surface area contributed by atoms with E-state index in [2.05, 4.69) is 34.6 Å². The third-order valence-electron chi connectivity index (χ3n) is 4.82. The number of hydrogen-bond acceptors (Lipinski definition) is 2. The molecule has 0 aliphatic carbocycles. The Hall–Kier alpha value is -2.29. The van der Waals surface area contributed by atoms with E-state index in [0.29, 0.717) is 12.0 Å². The van der Waals surface area contributed by atoms with Crippen molar-refractivity contribution in [2.75, 3.05) is 0 Å². The van der Waals surface area contributed by atoms with Crippen molar-refractivity contribution < 1.29 is 15.0 Å². The highest BCUT2D eigenvalue weighted by molar-refractivity contribution is 5.91. The van der Waals surface area contributed by atoms with Gasteiger partial charge in [-0.1, -0.05) is 65.0 Å². The summed E-state index contributed by atoms with van der Waals surface area (Å²) in [5.74, 6) is -1.22. The van der Waals surface area contributed by atoms with Crippen LogP contribution in [0.2, 0.25) is 0 Å². The zero-order valence-electron chi connectivity index (χ0n) is 16.7.